The average Bonchev–Trinajstić information content (AvgIpc) is 3.39. The maximum Gasteiger partial charge on any atom is 0.240 e. The molecular formula is C31H38N8O3. The Hall–Kier alpha value is -4.64. The van der Waals surface area contributed by atoms with Crippen LogP contribution in [0.25, 0.3) is 10.9 Å². The summed E-state index contributed by atoms with van der Waals surface area (Å²) in [4.78, 5) is 34.6. The third kappa shape index (κ3) is 7.35. The van der Waals surface area contributed by atoms with E-state index in [9.17, 15) is 4.79 Å². The van der Waals surface area contributed by atoms with Gasteiger partial charge in [-0.2, -0.15) is 0 Å². The van der Waals surface area contributed by atoms with Crippen LogP contribution in [0, 0.1) is 13.8 Å². The number of aryl methyl sites for hydroxylation is 2. The molecule has 1 saturated heterocycles. The highest BCUT2D eigenvalue weighted by Gasteiger charge is 2.20. The second-order valence-electron chi connectivity index (χ2n) is 10.3. The number of hydrogen-bond donors (Lipinski definition) is 3. The number of aliphatic imine (C=N–C) groups is 1. The van der Waals surface area contributed by atoms with Gasteiger partial charge < -0.3 is 19.4 Å². The number of nitrogens with zero attached hydrogens (tertiary/aromatic N) is 5. The summed E-state index contributed by atoms with van der Waals surface area (Å²) < 4.78 is 10.6. The van der Waals surface area contributed by atoms with Gasteiger partial charge in [-0.15, -0.1) is 0 Å². The minimum absolute atomic E-state index is 0.136. The molecule has 0 atom stereocenters. The molecule has 220 valence electrons. The smallest absolute Gasteiger partial charge is 0.240 e. The van der Waals surface area contributed by atoms with Crippen LogP contribution in [-0.2, 0) is 11.2 Å². The largest absolute Gasteiger partial charge is 0.497 e. The monoisotopic (exact) mass is 570 g/mol. The number of guanidine groups is 1. The topological polar surface area (TPSA) is 120 Å². The van der Waals surface area contributed by atoms with Gasteiger partial charge in [0.15, 0.2) is 0 Å². The number of anilines is 2. The van der Waals surface area contributed by atoms with Crippen molar-refractivity contribution in [1.82, 2.24) is 25.2 Å². The molecule has 2 aromatic heterocycles. The molecule has 0 unspecified atom stereocenters. The van der Waals surface area contributed by atoms with Gasteiger partial charge in [-0.1, -0.05) is 0 Å². The lowest BCUT2D eigenvalue weighted by Crippen LogP contribution is -2.50. The molecule has 0 spiro atoms. The lowest BCUT2D eigenvalue weighted by molar-refractivity contribution is -0.120. The van der Waals surface area contributed by atoms with Gasteiger partial charge in [-0.3, -0.25) is 25.3 Å². The van der Waals surface area contributed by atoms with Gasteiger partial charge in [-0.25, -0.2) is 9.97 Å². The Labute approximate surface area is 246 Å². The van der Waals surface area contributed by atoms with Gasteiger partial charge in [0.1, 0.15) is 11.5 Å². The first-order valence-electron chi connectivity index (χ1n) is 14.1. The number of fused-ring (bicyclic) bond motifs is 1. The molecule has 42 heavy (non-hydrogen) atoms. The van der Waals surface area contributed by atoms with Gasteiger partial charge in [0, 0.05) is 73.0 Å². The number of piperazine rings is 1. The zero-order valence-electron chi connectivity index (χ0n) is 24.6. The van der Waals surface area contributed by atoms with Gasteiger partial charge >= 0.3 is 0 Å². The Morgan fingerprint density at radius 2 is 1.64 bits per heavy atom. The van der Waals surface area contributed by atoms with Crippen molar-refractivity contribution in [3.05, 3.63) is 71.7 Å². The maximum atomic E-state index is 13.1. The van der Waals surface area contributed by atoms with E-state index in [1.807, 2.05) is 56.4 Å². The fraction of sp³-hybridized carbons (Fsp3) is 0.355. The van der Waals surface area contributed by atoms with E-state index in [0.717, 1.165) is 71.2 Å². The van der Waals surface area contributed by atoms with Crippen LogP contribution in [0.5, 0.6) is 11.5 Å². The number of rotatable bonds is 9. The molecule has 11 heteroatoms. The summed E-state index contributed by atoms with van der Waals surface area (Å²) in [5, 5.41) is 7.22. The third-order valence-corrected chi connectivity index (χ3v) is 7.27. The normalized spacial score (nSPS) is 14.2. The highest BCUT2D eigenvalue weighted by Crippen LogP contribution is 2.24. The summed E-state index contributed by atoms with van der Waals surface area (Å²) in [6.07, 6.45) is 2.68. The molecule has 1 fully saturated rings. The van der Waals surface area contributed by atoms with E-state index < -0.39 is 0 Å². The molecule has 4 aromatic rings. The van der Waals surface area contributed by atoms with Crippen LogP contribution < -0.4 is 25.0 Å². The van der Waals surface area contributed by atoms with Crippen molar-refractivity contribution in [2.45, 2.75) is 20.3 Å². The predicted molar refractivity (Wildman–Crippen MR) is 166 cm³/mol. The second-order valence-corrected chi connectivity index (χ2v) is 10.3. The van der Waals surface area contributed by atoms with Crippen molar-refractivity contribution in [1.29, 1.82) is 0 Å². The zero-order chi connectivity index (χ0) is 29.5. The number of aromatic nitrogens is 3. The predicted octanol–water partition coefficient (Wildman–Crippen LogP) is 3.54. The zero-order valence-corrected chi connectivity index (χ0v) is 24.6. The molecule has 0 bridgehead atoms. The number of ether oxygens (including phenoxy) is 2. The summed E-state index contributed by atoms with van der Waals surface area (Å²) in [5.74, 6) is 2.25. The number of carbonyl (C=O) groups excluding carboxylic acids is 1. The molecule has 5 rings (SSSR count). The first-order chi connectivity index (χ1) is 20.4. The Bertz CT molecular complexity index is 1520. The summed E-state index contributed by atoms with van der Waals surface area (Å²) in [5.41, 5.74) is 4.97. The summed E-state index contributed by atoms with van der Waals surface area (Å²) in [6.45, 7) is 7.80. The minimum Gasteiger partial charge on any atom is -0.497 e. The summed E-state index contributed by atoms with van der Waals surface area (Å²) in [6, 6.07) is 15.9. The lowest BCUT2D eigenvalue weighted by Gasteiger charge is -2.35. The van der Waals surface area contributed by atoms with Gasteiger partial charge in [-0.05, 0) is 68.3 Å². The number of amides is 1. The van der Waals surface area contributed by atoms with Crippen LogP contribution in [0.3, 0.4) is 0 Å². The van der Waals surface area contributed by atoms with E-state index in [1.165, 1.54) is 0 Å². The number of H-pyrrole nitrogens is 1. The molecule has 11 nitrogen and oxygen atoms in total. The van der Waals surface area contributed by atoms with Crippen LogP contribution >= 0.6 is 0 Å². The fourth-order valence-corrected chi connectivity index (χ4v) is 5.12. The Balaban J connectivity index is 1.21. The number of methoxy groups -OCH3 is 2. The highest BCUT2D eigenvalue weighted by molar-refractivity contribution is 6.04. The molecule has 1 aliphatic heterocycles. The summed E-state index contributed by atoms with van der Waals surface area (Å²) >= 11 is 0. The molecule has 0 aliphatic carbocycles. The quantitative estimate of drug-likeness (QED) is 0.207. The van der Waals surface area contributed by atoms with Crippen LogP contribution in [0.4, 0.5) is 11.6 Å². The number of benzene rings is 2. The maximum absolute atomic E-state index is 13.1. The first kappa shape index (κ1) is 28.9. The molecule has 0 radical (unpaired) electrons. The van der Waals surface area contributed by atoms with Gasteiger partial charge in [0.25, 0.3) is 0 Å². The van der Waals surface area contributed by atoms with Crippen molar-refractivity contribution in [3.8, 4) is 11.5 Å². The van der Waals surface area contributed by atoms with E-state index in [0.29, 0.717) is 24.9 Å². The van der Waals surface area contributed by atoms with E-state index in [1.54, 1.807) is 14.2 Å². The van der Waals surface area contributed by atoms with E-state index in [4.69, 9.17) is 14.5 Å². The van der Waals surface area contributed by atoms with Crippen molar-refractivity contribution in [2.24, 2.45) is 4.99 Å². The SMILES string of the molecule is COc1ccc(N2CCN(CC(=O)NC(=NCCc3c[nH]c4cc(OC)ccc34)Nc3nc(C)cc(C)n3)CC2)cc1. The molecule has 1 amide bonds. The van der Waals surface area contributed by atoms with E-state index >= 15 is 0 Å². The Morgan fingerprint density at radius 3 is 2.33 bits per heavy atom. The number of carbonyl (C=O) groups is 1. The first-order valence-corrected chi connectivity index (χ1v) is 14.1. The van der Waals surface area contributed by atoms with Crippen LogP contribution in [-0.4, -0.2) is 85.2 Å². The average molecular weight is 571 g/mol. The van der Waals surface area contributed by atoms with Gasteiger partial charge in [0.05, 0.1) is 20.8 Å². The van der Waals surface area contributed by atoms with Crippen LogP contribution in [0.15, 0.2) is 59.7 Å². The highest BCUT2D eigenvalue weighted by atomic mass is 16.5. The van der Waals surface area contributed by atoms with Crippen LogP contribution in [0.1, 0.15) is 17.0 Å². The van der Waals surface area contributed by atoms with E-state index in [2.05, 4.69) is 47.5 Å². The fourth-order valence-electron chi connectivity index (χ4n) is 5.12. The number of hydrogen-bond acceptors (Lipinski definition) is 8. The molecule has 3 N–H and O–H groups in total. The standard InChI is InChI=1S/C31H38N8O3/c1-21-17-22(2)35-31(34-21)37-30(32-12-11-23-19-33-28-18-26(42-4)9-10-27(23)28)36-29(40)20-38-13-15-39(16-14-38)24-5-7-25(41-3)8-6-24/h5-10,17-19,33H,11-16,20H2,1-4H3,(H2,32,34,35,36,37,40). The van der Waals surface area contributed by atoms with Crippen molar-refractivity contribution < 1.29 is 14.3 Å². The van der Waals surface area contributed by atoms with Crippen LogP contribution in [0.2, 0.25) is 0 Å². The number of nitrogens with one attached hydrogen (secondary N) is 3. The second kappa shape index (κ2) is 13.3. The number of aromatic amines is 1. The minimum atomic E-state index is -0.136. The Kier molecular flexibility index (Phi) is 9.18. The van der Waals surface area contributed by atoms with E-state index in [-0.39, 0.29) is 12.5 Å². The van der Waals surface area contributed by atoms with Crippen molar-refractivity contribution in [2.75, 3.05) is 63.7 Å². The molecule has 3 heterocycles. The molecule has 2 aromatic carbocycles. The third-order valence-electron chi connectivity index (χ3n) is 7.27. The van der Waals surface area contributed by atoms with Crippen molar-refractivity contribution in [3.63, 3.8) is 0 Å². The van der Waals surface area contributed by atoms with Gasteiger partial charge in [0.2, 0.25) is 17.8 Å². The molecular weight excluding hydrogens is 532 g/mol. The van der Waals surface area contributed by atoms with Crippen molar-refractivity contribution >= 4 is 34.4 Å². The summed E-state index contributed by atoms with van der Waals surface area (Å²) in [7, 11) is 3.32. The molecule has 1 aliphatic rings. The Morgan fingerprint density at radius 1 is 0.952 bits per heavy atom. The molecule has 0 saturated carbocycles. The lowest BCUT2D eigenvalue weighted by atomic mass is 10.1.